The second kappa shape index (κ2) is 8.30. The summed E-state index contributed by atoms with van der Waals surface area (Å²) in [5, 5.41) is 3.12. The summed E-state index contributed by atoms with van der Waals surface area (Å²) in [5.74, 6) is 0.236. The van der Waals surface area contributed by atoms with Crippen LogP contribution in [0.1, 0.15) is 44.2 Å². The van der Waals surface area contributed by atoms with Gasteiger partial charge in [-0.3, -0.25) is 9.69 Å². The predicted molar refractivity (Wildman–Crippen MR) is 98.9 cm³/mol. The minimum Gasteiger partial charge on any atom is -0.373 e. The zero-order chi connectivity index (χ0) is 17.8. The van der Waals surface area contributed by atoms with Crippen LogP contribution in [-0.4, -0.2) is 42.1 Å². The van der Waals surface area contributed by atoms with Gasteiger partial charge in [-0.15, -0.1) is 0 Å². The fourth-order valence-corrected chi connectivity index (χ4v) is 4.12. The van der Waals surface area contributed by atoms with Gasteiger partial charge in [-0.25, -0.2) is 0 Å². The summed E-state index contributed by atoms with van der Waals surface area (Å²) in [6, 6.07) is 8.58. The molecule has 1 amide bonds. The highest BCUT2D eigenvalue weighted by molar-refractivity contribution is 5.79. The number of hydrogen-bond acceptors (Lipinski definition) is 4. The van der Waals surface area contributed by atoms with Gasteiger partial charge in [-0.1, -0.05) is 24.3 Å². The van der Waals surface area contributed by atoms with E-state index < -0.39 is 0 Å². The molecular weight excluding hydrogens is 314 g/mol. The monoisotopic (exact) mass is 345 g/mol. The average Bonchev–Trinajstić information content (AvgIpc) is 2.99. The van der Waals surface area contributed by atoms with Crippen LogP contribution in [0.5, 0.6) is 0 Å². The maximum absolute atomic E-state index is 12.4. The molecule has 138 valence electrons. The van der Waals surface area contributed by atoms with Crippen LogP contribution in [-0.2, 0) is 22.6 Å². The van der Waals surface area contributed by atoms with Crippen molar-refractivity contribution in [2.45, 2.75) is 64.4 Å². The second-order valence-electron chi connectivity index (χ2n) is 7.71. The summed E-state index contributed by atoms with van der Waals surface area (Å²) >= 11 is 0. The molecule has 0 radical (unpaired) electrons. The van der Waals surface area contributed by atoms with Gasteiger partial charge in [0.2, 0.25) is 5.91 Å². The van der Waals surface area contributed by atoms with Crippen molar-refractivity contribution in [3.05, 3.63) is 35.4 Å². The van der Waals surface area contributed by atoms with Gasteiger partial charge in [0.05, 0.1) is 12.2 Å². The van der Waals surface area contributed by atoms with Crippen molar-refractivity contribution in [3.8, 4) is 0 Å². The minimum absolute atomic E-state index is 0.0862. The SMILES string of the molecule is CC1CN(Cc2ccccc2CNC(=O)C2CCC(N)C2)CC(C)O1. The molecule has 5 heteroatoms. The summed E-state index contributed by atoms with van der Waals surface area (Å²) in [4.78, 5) is 14.8. The minimum atomic E-state index is 0.0862. The zero-order valence-electron chi connectivity index (χ0n) is 15.4. The van der Waals surface area contributed by atoms with E-state index in [1.165, 1.54) is 11.1 Å². The molecule has 1 saturated heterocycles. The molecule has 3 N–H and O–H groups in total. The number of carbonyl (C=O) groups excluding carboxylic acids is 1. The Kier molecular flexibility index (Phi) is 6.10. The lowest BCUT2D eigenvalue weighted by atomic mass is 10.0. The van der Waals surface area contributed by atoms with Crippen molar-refractivity contribution in [1.29, 1.82) is 0 Å². The zero-order valence-corrected chi connectivity index (χ0v) is 15.4. The Labute approximate surface area is 150 Å². The Morgan fingerprint density at radius 1 is 1.20 bits per heavy atom. The Hall–Kier alpha value is -1.43. The standard InChI is InChI=1S/C20H31N3O2/c1-14-11-23(12-15(2)25-14)13-18-6-4-3-5-17(18)10-22-20(24)16-7-8-19(21)9-16/h3-6,14-16,19H,7-13,21H2,1-2H3,(H,22,24). The lowest BCUT2D eigenvalue weighted by Gasteiger charge is -2.35. The summed E-state index contributed by atoms with van der Waals surface area (Å²) in [7, 11) is 0. The number of benzene rings is 1. The molecule has 2 fully saturated rings. The van der Waals surface area contributed by atoms with Gasteiger partial charge in [0.25, 0.3) is 0 Å². The van der Waals surface area contributed by atoms with E-state index in [0.29, 0.717) is 6.54 Å². The summed E-state index contributed by atoms with van der Waals surface area (Å²) in [6.07, 6.45) is 3.22. The topological polar surface area (TPSA) is 67.6 Å². The first kappa shape index (κ1) is 18.4. The Morgan fingerprint density at radius 2 is 1.88 bits per heavy atom. The predicted octanol–water partition coefficient (Wildman–Crippen LogP) is 2.04. The van der Waals surface area contributed by atoms with Crippen molar-refractivity contribution in [1.82, 2.24) is 10.2 Å². The highest BCUT2D eigenvalue weighted by Crippen LogP contribution is 2.24. The van der Waals surface area contributed by atoms with Crippen molar-refractivity contribution in [3.63, 3.8) is 0 Å². The Balaban J connectivity index is 1.58. The van der Waals surface area contributed by atoms with E-state index in [4.69, 9.17) is 10.5 Å². The van der Waals surface area contributed by atoms with Crippen LogP contribution < -0.4 is 11.1 Å². The van der Waals surface area contributed by atoms with E-state index in [-0.39, 0.29) is 30.1 Å². The van der Waals surface area contributed by atoms with Gasteiger partial charge in [-0.2, -0.15) is 0 Å². The summed E-state index contributed by atoms with van der Waals surface area (Å²) in [5.41, 5.74) is 8.41. The number of carbonyl (C=O) groups is 1. The number of hydrogen-bond donors (Lipinski definition) is 2. The molecule has 1 aromatic carbocycles. The first-order valence-corrected chi connectivity index (χ1v) is 9.49. The van der Waals surface area contributed by atoms with Gasteiger partial charge in [0.1, 0.15) is 0 Å². The largest absolute Gasteiger partial charge is 0.373 e. The summed E-state index contributed by atoms with van der Waals surface area (Å²) < 4.78 is 5.82. The highest BCUT2D eigenvalue weighted by atomic mass is 16.5. The molecule has 0 spiro atoms. The van der Waals surface area contributed by atoms with E-state index in [0.717, 1.165) is 38.9 Å². The number of rotatable bonds is 5. The number of nitrogens with one attached hydrogen (secondary N) is 1. The van der Waals surface area contributed by atoms with Crippen LogP contribution in [0.2, 0.25) is 0 Å². The molecule has 1 aliphatic heterocycles. The lowest BCUT2D eigenvalue weighted by molar-refractivity contribution is -0.125. The van der Waals surface area contributed by atoms with E-state index in [2.05, 4.69) is 42.3 Å². The van der Waals surface area contributed by atoms with Crippen molar-refractivity contribution < 1.29 is 9.53 Å². The number of nitrogens with zero attached hydrogens (tertiary/aromatic N) is 1. The number of ether oxygens (including phenoxy) is 1. The van der Waals surface area contributed by atoms with Crippen molar-refractivity contribution >= 4 is 5.91 Å². The van der Waals surface area contributed by atoms with Gasteiger partial charge in [0.15, 0.2) is 0 Å². The lowest BCUT2D eigenvalue weighted by Crippen LogP contribution is -2.45. The second-order valence-corrected chi connectivity index (χ2v) is 7.71. The summed E-state index contributed by atoms with van der Waals surface area (Å²) in [6.45, 7) is 7.65. The Bertz CT molecular complexity index is 582. The molecule has 1 aromatic rings. The molecular formula is C20H31N3O2. The quantitative estimate of drug-likeness (QED) is 0.857. The van der Waals surface area contributed by atoms with Crippen LogP contribution in [0.3, 0.4) is 0 Å². The van der Waals surface area contributed by atoms with Crippen LogP contribution in [0.15, 0.2) is 24.3 Å². The molecule has 4 atom stereocenters. The van der Waals surface area contributed by atoms with Crippen molar-refractivity contribution in [2.24, 2.45) is 11.7 Å². The third-order valence-electron chi connectivity index (χ3n) is 5.30. The normalized spacial score (nSPS) is 30.4. The molecule has 5 nitrogen and oxygen atoms in total. The van der Waals surface area contributed by atoms with E-state index in [1.807, 2.05) is 6.07 Å². The fourth-order valence-electron chi connectivity index (χ4n) is 4.12. The molecule has 25 heavy (non-hydrogen) atoms. The molecule has 1 heterocycles. The molecule has 1 saturated carbocycles. The van der Waals surface area contributed by atoms with Gasteiger partial charge < -0.3 is 15.8 Å². The third kappa shape index (κ3) is 5.03. The van der Waals surface area contributed by atoms with Crippen molar-refractivity contribution in [2.75, 3.05) is 13.1 Å². The molecule has 2 aliphatic rings. The molecule has 1 aliphatic carbocycles. The third-order valence-corrected chi connectivity index (χ3v) is 5.30. The number of nitrogens with two attached hydrogens (primary N) is 1. The van der Waals surface area contributed by atoms with Crippen LogP contribution >= 0.6 is 0 Å². The highest BCUT2D eigenvalue weighted by Gasteiger charge is 2.27. The van der Waals surface area contributed by atoms with E-state index in [1.54, 1.807) is 0 Å². The van der Waals surface area contributed by atoms with E-state index >= 15 is 0 Å². The number of amides is 1. The first-order chi connectivity index (χ1) is 12.0. The van der Waals surface area contributed by atoms with Crippen LogP contribution in [0.4, 0.5) is 0 Å². The first-order valence-electron chi connectivity index (χ1n) is 9.49. The Morgan fingerprint density at radius 3 is 2.52 bits per heavy atom. The smallest absolute Gasteiger partial charge is 0.223 e. The molecule has 0 bridgehead atoms. The maximum Gasteiger partial charge on any atom is 0.223 e. The molecule has 3 rings (SSSR count). The average molecular weight is 345 g/mol. The van der Waals surface area contributed by atoms with Gasteiger partial charge >= 0.3 is 0 Å². The van der Waals surface area contributed by atoms with Gasteiger partial charge in [0, 0.05) is 38.1 Å². The molecule has 0 aromatic heterocycles. The fraction of sp³-hybridized carbons (Fsp3) is 0.650. The molecule has 4 unspecified atom stereocenters. The van der Waals surface area contributed by atoms with Gasteiger partial charge in [-0.05, 0) is 44.2 Å². The van der Waals surface area contributed by atoms with Crippen LogP contribution in [0.25, 0.3) is 0 Å². The van der Waals surface area contributed by atoms with Crippen LogP contribution in [0, 0.1) is 5.92 Å². The van der Waals surface area contributed by atoms with E-state index in [9.17, 15) is 4.79 Å². The number of morpholine rings is 1. The maximum atomic E-state index is 12.4.